The molecule has 16 nitrogen and oxygen atoms in total. The van der Waals surface area contributed by atoms with Gasteiger partial charge in [0.2, 0.25) is 0 Å². The van der Waals surface area contributed by atoms with Crippen molar-refractivity contribution in [2.75, 3.05) is 39.6 Å². The summed E-state index contributed by atoms with van der Waals surface area (Å²) in [6.07, 6.45) is 58.5. The highest BCUT2D eigenvalue weighted by Gasteiger charge is 2.29. The maximum absolute atomic E-state index is 12.8. The van der Waals surface area contributed by atoms with Gasteiger partial charge in [0, 0.05) is 19.3 Å². The van der Waals surface area contributed by atoms with Gasteiger partial charge in [-0.2, -0.15) is 0 Å². The minimum absolute atomic E-state index is 0.111. The number of aliphatic hydroxyl groups is 2. The molecule has 0 saturated carbocycles. The van der Waals surface area contributed by atoms with Gasteiger partial charge in [-0.25, -0.2) is 9.13 Å². The summed E-state index contributed by atoms with van der Waals surface area (Å²) in [5, 5.41) is 20.5. The smallest absolute Gasteiger partial charge is 0.463 e. The first-order chi connectivity index (χ1) is 40.2. The van der Waals surface area contributed by atoms with E-state index in [0.717, 1.165) is 109 Å². The number of rotatable bonds is 62. The number of hydrogen-bond acceptors (Lipinski definition) is 14. The highest BCUT2D eigenvalue weighted by atomic mass is 31.2. The Balaban J connectivity index is 4.56. The number of aliphatic hydroxyl groups excluding tert-OH is 2. The number of esters is 3. The van der Waals surface area contributed by atoms with Gasteiger partial charge >= 0.3 is 33.6 Å². The average molecular weight is 1220 g/mol. The summed E-state index contributed by atoms with van der Waals surface area (Å²) in [5.74, 6) is -1.58. The Hall–Kier alpha value is -2.75. The third kappa shape index (κ3) is 60.7. The van der Waals surface area contributed by atoms with Crippen molar-refractivity contribution in [3.05, 3.63) is 60.8 Å². The molecule has 0 aromatic rings. The summed E-state index contributed by atoms with van der Waals surface area (Å²) in [6, 6.07) is 0. The summed E-state index contributed by atoms with van der Waals surface area (Å²) < 4.78 is 60.7. The lowest BCUT2D eigenvalue weighted by Gasteiger charge is -2.21. The van der Waals surface area contributed by atoms with Crippen LogP contribution < -0.4 is 0 Å². The first-order valence-corrected chi connectivity index (χ1v) is 35.6. The molecule has 0 aliphatic heterocycles. The second kappa shape index (κ2) is 59.6. The summed E-state index contributed by atoms with van der Waals surface area (Å²) in [6.45, 7) is 2.54. The minimum Gasteiger partial charge on any atom is -0.463 e. The largest absolute Gasteiger partial charge is 0.472 e. The molecule has 0 aromatic heterocycles. The van der Waals surface area contributed by atoms with E-state index >= 15 is 0 Å². The lowest BCUT2D eigenvalue weighted by atomic mass is 10.0. The van der Waals surface area contributed by atoms with Gasteiger partial charge in [0.05, 0.1) is 26.4 Å². The van der Waals surface area contributed by atoms with Gasteiger partial charge in [0.1, 0.15) is 25.4 Å². The third-order valence-corrected chi connectivity index (χ3v) is 15.7. The maximum atomic E-state index is 12.8. The summed E-state index contributed by atoms with van der Waals surface area (Å²) in [7, 11) is -9.76. The van der Waals surface area contributed by atoms with Crippen molar-refractivity contribution in [3.63, 3.8) is 0 Å². The molecule has 0 saturated heterocycles. The molecule has 5 unspecified atom stereocenters. The number of carbonyl (C=O) groups is 3. The number of phosphoric ester groups is 2. The number of phosphoric acid groups is 2. The van der Waals surface area contributed by atoms with Crippen LogP contribution in [0.3, 0.4) is 0 Å². The molecule has 0 fully saturated rings. The van der Waals surface area contributed by atoms with Crippen LogP contribution in [0.2, 0.25) is 0 Å². The molecule has 5 atom stereocenters. The molecule has 4 N–H and O–H groups in total. The molecule has 18 heteroatoms. The van der Waals surface area contributed by atoms with Gasteiger partial charge in [0.25, 0.3) is 0 Å². The van der Waals surface area contributed by atoms with Crippen LogP contribution in [0.5, 0.6) is 0 Å². The van der Waals surface area contributed by atoms with Gasteiger partial charge in [0.15, 0.2) is 6.10 Å². The number of carbonyl (C=O) groups excluding carboxylic acids is 3. The lowest BCUT2D eigenvalue weighted by Crippen LogP contribution is -2.30. The molecule has 0 spiro atoms. The molecule has 0 rings (SSSR count). The normalized spacial score (nSPS) is 14.7. The molecule has 0 aromatic carbocycles. The Kier molecular flexibility index (Phi) is 57.6. The Labute approximate surface area is 503 Å². The maximum Gasteiger partial charge on any atom is 0.472 e. The first-order valence-electron chi connectivity index (χ1n) is 32.6. The van der Waals surface area contributed by atoms with Crippen LogP contribution in [0.4, 0.5) is 0 Å². The number of hydrogen-bond donors (Lipinski definition) is 4. The molecular weight excluding hydrogens is 1100 g/mol. The zero-order chi connectivity index (χ0) is 61.0. The molecule has 0 bridgehead atoms. The Morgan fingerprint density at radius 2 is 0.639 bits per heavy atom. The molecule has 0 aliphatic carbocycles. The van der Waals surface area contributed by atoms with Gasteiger partial charge in [-0.05, 0) is 64.2 Å². The van der Waals surface area contributed by atoms with Gasteiger partial charge in [-0.15, -0.1) is 0 Å². The Morgan fingerprint density at radius 3 is 1.01 bits per heavy atom. The van der Waals surface area contributed by atoms with Crippen molar-refractivity contribution in [2.45, 2.75) is 296 Å². The van der Waals surface area contributed by atoms with E-state index in [1.165, 1.54) is 109 Å². The highest BCUT2D eigenvalue weighted by molar-refractivity contribution is 7.47. The third-order valence-electron chi connectivity index (χ3n) is 13.8. The van der Waals surface area contributed by atoms with E-state index in [1.807, 2.05) is 0 Å². The number of allylic oxidation sites excluding steroid dienone is 10. The van der Waals surface area contributed by atoms with E-state index in [9.17, 15) is 43.5 Å². The van der Waals surface area contributed by atoms with Crippen LogP contribution in [0.15, 0.2) is 60.8 Å². The fraction of sp³-hybridized carbons (Fsp3) is 0.800. The van der Waals surface area contributed by atoms with Crippen molar-refractivity contribution in [2.24, 2.45) is 0 Å². The molecular formula is C65H118O16P2. The van der Waals surface area contributed by atoms with Crippen LogP contribution >= 0.6 is 15.6 Å². The SMILES string of the molecule is CC/C=C\C/C=C\C/C=C\C/C=C\C/C=C\CCCCCCCC(=O)OCC(O)COP(=O)(O)OCC(O)COP(=O)(O)OCC(COC(=O)CCCCCCCCCCCCCCCCC)OC(=O)CCCCCCCCCCCCC. The molecule has 83 heavy (non-hydrogen) atoms. The standard InChI is InChI=1S/C65H118O16P2/c1-4-7-10-13-16-19-22-24-26-27-28-29-30-31-33-35-37-39-42-45-48-51-63(68)75-54-60(66)55-77-82(71,72)78-56-61(67)57-79-83(73,74)80-59-62(81-65(70)53-50-47-44-41-36-21-18-15-12-9-6-3)58-76-64(69)52-49-46-43-40-38-34-32-25-23-20-17-14-11-8-5-2/h7,10,16,19,24,26,28-29,31,33,60-62,66-67H,4-6,8-9,11-15,17-18,20-23,25,27,30,32,34-59H2,1-3H3,(H,71,72)(H,73,74)/b10-7-,19-16-,26-24-,29-28-,33-31-. The number of ether oxygens (including phenoxy) is 3. The van der Waals surface area contributed by atoms with Crippen molar-refractivity contribution in [1.29, 1.82) is 0 Å². The Morgan fingerprint density at radius 1 is 0.349 bits per heavy atom. The monoisotopic (exact) mass is 1220 g/mol. The number of unbranched alkanes of at least 4 members (excludes halogenated alkanes) is 29. The van der Waals surface area contributed by atoms with Crippen LogP contribution in [-0.4, -0.2) is 95.9 Å². The van der Waals surface area contributed by atoms with Crippen LogP contribution in [-0.2, 0) is 55.8 Å². The van der Waals surface area contributed by atoms with Crippen molar-refractivity contribution in [1.82, 2.24) is 0 Å². The molecule has 0 amide bonds. The van der Waals surface area contributed by atoms with Gasteiger partial charge in [-0.3, -0.25) is 32.5 Å². The topological polar surface area (TPSA) is 231 Å². The predicted octanol–water partition coefficient (Wildman–Crippen LogP) is 17.4. The Bertz CT molecular complexity index is 1770. The van der Waals surface area contributed by atoms with Crippen molar-refractivity contribution >= 4 is 33.6 Å². The minimum atomic E-state index is -4.91. The second-order valence-corrected chi connectivity index (χ2v) is 24.8. The average Bonchev–Trinajstić information content (AvgIpc) is 3.46. The summed E-state index contributed by atoms with van der Waals surface area (Å²) in [5.41, 5.74) is 0. The van der Waals surface area contributed by atoms with E-state index in [-0.39, 0.29) is 19.3 Å². The van der Waals surface area contributed by atoms with Gasteiger partial charge < -0.3 is 34.2 Å². The van der Waals surface area contributed by atoms with E-state index in [4.69, 9.17) is 32.3 Å². The fourth-order valence-electron chi connectivity index (χ4n) is 8.77. The van der Waals surface area contributed by atoms with Gasteiger partial charge in [-0.1, -0.05) is 255 Å². The molecule has 0 heterocycles. The highest BCUT2D eigenvalue weighted by Crippen LogP contribution is 2.45. The second-order valence-electron chi connectivity index (χ2n) is 21.9. The van der Waals surface area contributed by atoms with E-state index < -0.39 is 91.5 Å². The quantitative estimate of drug-likeness (QED) is 0.0146. The van der Waals surface area contributed by atoms with E-state index in [1.54, 1.807) is 0 Å². The molecule has 484 valence electrons. The van der Waals surface area contributed by atoms with Crippen molar-refractivity contribution in [3.8, 4) is 0 Å². The molecule has 0 aliphatic rings. The zero-order valence-electron chi connectivity index (χ0n) is 52.1. The van der Waals surface area contributed by atoms with Crippen molar-refractivity contribution < 1.29 is 75.8 Å². The molecule has 0 radical (unpaired) electrons. The van der Waals surface area contributed by atoms with E-state index in [2.05, 4.69) is 81.5 Å². The summed E-state index contributed by atoms with van der Waals surface area (Å²) in [4.78, 5) is 58.2. The fourth-order valence-corrected chi connectivity index (χ4v) is 10.4. The van der Waals surface area contributed by atoms with Crippen LogP contribution in [0, 0.1) is 0 Å². The first kappa shape index (κ1) is 80.2. The predicted molar refractivity (Wildman–Crippen MR) is 335 cm³/mol. The zero-order valence-corrected chi connectivity index (χ0v) is 53.9. The van der Waals surface area contributed by atoms with Crippen LogP contribution in [0.1, 0.15) is 278 Å². The summed E-state index contributed by atoms with van der Waals surface area (Å²) >= 11 is 0. The lowest BCUT2D eigenvalue weighted by molar-refractivity contribution is -0.161. The van der Waals surface area contributed by atoms with E-state index in [0.29, 0.717) is 19.3 Å². The van der Waals surface area contributed by atoms with Crippen LogP contribution in [0.25, 0.3) is 0 Å².